The third kappa shape index (κ3) is 2.63. The molecule has 1 aromatic heterocycles. The first kappa shape index (κ1) is 14.1. The maximum Gasteiger partial charge on any atom is 0.129 e. The molecule has 2 aliphatic heterocycles. The Labute approximate surface area is 136 Å². The molecule has 0 bridgehead atoms. The van der Waals surface area contributed by atoms with Gasteiger partial charge in [0.1, 0.15) is 11.0 Å². The van der Waals surface area contributed by atoms with Crippen LogP contribution in [0.4, 0.5) is 5.69 Å². The van der Waals surface area contributed by atoms with E-state index in [2.05, 4.69) is 14.1 Å². The molecule has 1 spiro atoms. The molecule has 2 saturated heterocycles. The van der Waals surface area contributed by atoms with E-state index in [1.165, 1.54) is 17.5 Å². The lowest BCUT2D eigenvalue weighted by atomic mass is 9.89. The van der Waals surface area contributed by atoms with Crippen molar-refractivity contribution in [3.05, 3.63) is 17.2 Å². The molecule has 4 nitrogen and oxygen atoms in total. The first-order valence-electron chi connectivity index (χ1n) is 7.15. The number of rotatable bonds is 2. The second-order valence-corrected chi connectivity index (χ2v) is 7.76. The van der Waals surface area contributed by atoms with Crippen molar-refractivity contribution in [1.82, 2.24) is 8.75 Å². The summed E-state index contributed by atoms with van der Waals surface area (Å²) in [5, 5.41) is 4.33. The molecule has 0 amide bonds. The topological polar surface area (TPSA) is 47.0 Å². The summed E-state index contributed by atoms with van der Waals surface area (Å²) < 4.78 is 14.7. The van der Waals surface area contributed by atoms with Crippen LogP contribution >= 0.6 is 35.1 Å². The lowest BCUT2D eigenvalue weighted by Crippen LogP contribution is -2.44. The van der Waals surface area contributed by atoms with Crippen LogP contribution in [0.25, 0.3) is 11.0 Å². The average Bonchev–Trinajstić information content (AvgIpc) is 3.12. The Morgan fingerprint density at radius 3 is 3.19 bits per heavy atom. The average molecular weight is 342 g/mol. The summed E-state index contributed by atoms with van der Waals surface area (Å²) in [6.45, 7) is 0.821. The highest BCUT2D eigenvalue weighted by Gasteiger charge is 2.40. The molecule has 2 atom stereocenters. The Hall–Kier alpha value is -0.560. The van der Waals surface area contributed by atoms with Crippen molar-refractivity contribution in [3.63, 3.8) is 0 Å². The van der Waals surface area contributed by atoms with E-state index in [-0.39, 0.29) is 5.60 Å². The molecule has 2 unspecified atom stereocenters. The lowest BCUT2D eigenvalue weighted by molar-refractivity contribution is -0.0628. The molecule has 2 aliphatic rings. The number of ether oxygens (including phenoxy) is 1. The van der Waals surface area contributed by atoms with Crippen molar-refractivity contribution in [2.75, 3.05) is 23.4 Å². The molecule has 112 valence electrons. The molecule has 7 heteroatoms. The van der Waals surface area contributed by atoms with Crippen molar-refractivity contribution in [2.45, 2.75) is 30.9 Å². The standard InChI is InChI=1S/C14H16ClN3OS2/c15-10-1-2-11-13(18-21-17-11)12(10)16-9-3-5-19-14(7-9)4-6-20-8-14/h1-2,9,16H,3-8H2. The van der Waals surface area contributed by atoms with Crippen LogP contribution in [0, 0.1) is 0 Å². The Kier molecular flexibility index (Phi) is 3.73. The number of nitrogens with one attached hydrogen (secondary N) is 1. The zero-order valence-electron chi connectivity index (χ0n) is 11.5. The molecule has 21 heavy (non-hydrogen) atoms. The minimum Gasteiger partial charge on any atom is -0.379 e. The zero-order chi connectivity index (χ0) is 14.3. The summed E-state index contributed by atoms with van der Waals surface area (Å²) in [5.41, 5.74) is 2.79. The van der Waals surface area contributed by atoms with E-state index in [4.69, 9.17) is 16.3 Å². The summed E-state index contributed by atoms with van der Waals surface area (Å²) in [7, 11) is 0. The largest absolute Gasteiger partial charge is 0.379 e. The predicted molar refractivity (Wildman–Crippen MR) is 89.7 cm³/mol. The zero-order valence-corrected chi connectivity index (χ0v) is 13.9. The predicted octanol–water partition coefficient (Wildman–Crippen LogP) is 3.81. The number of hydrogen-bond acceptors (Lipinski definition) is 6. The fraction of sp³-hybridized carbons (Fsp3) is 0.571. The second-order valence-electron chi connectivity index (χ2n) is 5.72. The highest BCUT2D eigenvalue weighted by atomic mass is 35.5. The third-order valence-electron chi connectivity index (χ3n) is 4.29. The van der Waals surface area contributed by atoms with Gasteiger partial charge < -0.3 is 10.1 Å². The van der Waals surface area contributed by atoms with Gasteiger partial charge in [-0.3, -0.25) is 0 Å². The smallest absolute Gasteiger partial charge is 0.129 e. The number of benzene rings is 1. The number of nitrogens with zero attached hydrogens (tertiary/aromatic N) is 2. The molecule has 1 aromatic carbocycles. The van der Waals surface area contributed by atoms with Gasteiger partial charge in [-0.05, 0) is 37.1 Å². The van der Waals surface area contributed by atoms with E-state index in [0.717, 1.165) is 53.4 Å². The van der Waals surface area contributed by atoms with Crippen molar-refractivity contribution in [2.24, 2.45) is 0 Å². The van der Waals surface area contributed by atoms with Crippen LogP contribution in [-0.4, -0.2) is 38.5 Å². The van der Waals surface area contributed by atoms with E-state index in [1.54, 1.807) is 0 Å². The molecule has 4 rings (SSSR count). The van der Waals surface area contributed by atoms with Crippen LogP contribution in [0.2, 0.25) is 5.02 Å². The van der Waals surface area contributed by atoms with Crippen LogP contribution in [0.5, 0.6) is 0 Å². The first-order valence-corrected chi connectivity index (χ1v) is 9.41. The maximum atomic E-state index is 6.37. The fourth-order valence-corrected chi connectivity index (χ4v) is 5.31. The van der Waals surface area contributed by atoms with Crippen LogP contribution in [0.3, 0.4) is 0 Å². The highest BCUT2D eigenvalue weighted by molar-refractivity contribution is 7.99. The summed E-state index contributed by atoms with van der Waals surface area (Å²) in [5.74, 6) is 2.32. The van der Waals surface area contributed by atoms with Crippen molar-refractivity contribution in [1.29, 1.82) is 0 Å². The molecule has 0 radical (unpaired) electrons. The van der Waals surface area contributed by atoms with Crippen LogP contribution in [-0.2, 0) is 4.74 Å². The van der Waals surface area contributed by atoms with Gasteiger partial charge in [-0.2, -0.15) is 20.5 Å². The molecule has 2 aromatic rings. The van der Waals surface area contributed by atoms with Gasteiger partial charge in [-0.1, -0.05) is 11.6 Å². The van der Waals surface area contributed by atoms with Gasteiger partial charge >= 0.3 is 0 Å². The molecule has 0 aliphatic carbocycles. The Balaban J connectivity index is 1.59. The fourth-order valence-electron chi connectivity index (χ4n) is 3.18. The summed E-state index contributed by atoms with van der Waals surface area (Å²) in [6, 6.07) is 4.21. The Morgan fingerprint density at radius 2 is 2.33 bits per heavy atom. The van der Waals surface area contributed by atoms with E-state index >= 15 is 0 Å². The second kappa shape index (κ2) is 5.57. The van der Waals surface area contributed by atoms with Gasteiger partial charge in [0, 0.05) is 18.4 Å². The van der Waals surface area contributed by atoms with E-state index in [1.807, 2.05) is 23.9 Å². The monoisotopic (exact) mass is 341 g/mol. The van der Waals surface area contributed by atoms with Crippen molar-refractivity contribution < 1.29 is 4.74 Å². The van der Waals surface area contributed by atoms with E-state index < -0.39 is 0 Å². The van der Waals surface area contributed by atoms with Crippen LogP contribution in [0.1, 0.15) is 19.3 Å². The highest BCUT2D eigenvalue weighted by Crippen LogP contribution is 2.40. The van der Waals surface area contributed by atoms with Crippen LogP contribution < -0.4 is 5.32 Å². The van der Waals surface area contributed by atoms with Gasteiger partial charge in [-0.15, -0.1) is 0 Å². The minimum absolute atomic E-state index is 0.0707. The van der Waals surface area contributed by atoms with Gasteiger partial charge in [0.05, 0.1) is 28.0 Å². The number of thioether (sulfide) groups is 1. The maximum absolute atomic E-state index is 6.37. The van der Waals surface area contributed by atoms with E-state index in [9.17, 15) is 0 Å². The molecule has 3 heterocycles. The summed E-state index contributed by atoms with van der Waals surface area (Å²) in [4.78, 5) is 0. The minimum atomic E-state index is 0.0707. The number of anilines is 1. The van der Waals surface area contributed by atoms with E-state index in [0.29, 0.717) is 6.04 Å². The molecule has 1 N–H and O–H groups in total. The van der Waals surface area contributed by atoms with Crippen molar-refractivity contribution >= 4 is 51.8 Å². The van der Waals surface area contributed by atoms with Gasteiger partial charge in [0.15, 0.2) is 0 Å². The number of fused-ring (bicyclic) bond motifs is 1. The normalized spacial score (nSPS) is 29.3. The van der Waals surface area contributed by atoms with Crippen LogP contribution in [0.15, 0.2) is 12.1 Å². The quantitative estimate of drug-likeness (QED) is 0.900. The molecular formula is C14H16ClN3OS2. The van der Waals surface area contributed by atoms with Gasteiger partial charge in [0.2, 0.25) is 0 Å². The number of hydrogen-bond donors (Lipinski definition) is 1. The molecule has 0 saturated carbocycles. The summed E-state index contributed by atoms with van der Waals surface area (Å²) in [6.07, 6.45) is 3.22. The SMILES string of the molecule is Clc1ccc2nsnc2c1NC1CCOC2(CCSC2)C1. The van der Waals surface area contributed by atoms with Gasteiger partial charge in [-0.25, -0.2) is 0 Å². The Bertz CT molecular complexity index is 657. The number of halogens is 1. The third-order valence-corrected chi connectivity index (χ3v) is 6.37. The van der Waals surface area contributed by atoms with Gasteiger partial charge in [0.25, 0.3) is 0 Å². The lowest BCUT2D eigenvalue weighted by Gasteiger charge is -2.38. The molecular weight excluding hydrogens is 326 g/mol. The van der Waals surface area contributed by atoms with Crippen molar-refractivity contribution in [3.8, 4) is 0 Å². The number of aromatic nitrogens is 2. The summed E-state index contributed by atoms with van der Waals surface area (Å²) >= 11 is 9.59. The molecule has 2 fully saturated rings. The Morgan fingerprint density at radius 1 is 1.38 bits per heavy atom. The first-order chi connectivity index (χ1) is 10.3.